The monoisotopic (exact) mass is 372 g/mol. The molecule has 26 heavy (non-hydrogen) atoms. The smallest absolute Gasteiger partial charge is 0.188 e. The summed E-state index contributed by atoms with van der Waals surface area (Å²) in [4.78, 5) is 0. The van der Waals surface area contributed by atoms with Crippen LogP contribution in [-0.4, -0.2) is 29.7 Å². The molecule has 0 N–H and O–H groups in total. The van der Waals surface area contributed by atoms with Gasteiger partial charge in [-0.2, -0.15) is 0 Å². The lowest BCUT2D eigenvalue weighted by Gasteiger charge is -2.27. The van der Waals surface area contributed by atoms with E-state index in [1.54, 1.807) is 7.11 Å². The fourth-order valence-electron chi connectivity index (χ4n) is 3.74. The van der Waals surface area contributed by atoms with E-state index in [4.69, 9.17) is 25.8 Å². The summed E-state index contributed by atoms with van der Waals surface area (Å²) in [7, 11) is 1.62. The van der Waals surface area contributed by atoms with Crippen LogP contribution in [-0.2, 0) is 22.5 Å². The van der Waals surface area contributed by atoms with Gasteiger partial charge in [0.05, 0.1) is 12.2 Å². The van der Waals surface area contributed by atoms with Crippen LogP contribution in [0.2, 0.25) is 5.15 Å². The molecule has 2 saturated carbocycles. The van der Waals surface area contributed by atoms with Crippen molar-refractivity contribution >= 4 is 11.6 Å². The lowest BCUT2D eigenvalue weighted by Crippen LogP contribution is -2.25. The third-order valence-electron chi connectivity index (χ3n) is 5.61. The molecular formula is C20H21ClN2O3. The molecule has 2 aliphatic carbocycles. The summed E-state index contributed by atoms with van der Waals surface area (Å²) in [5.74, 6) is 1.43. The first-order valence-corrected chi connectivity index (χ1v) is 9.51. The van der Waals surface area contributed by atoms with Gasteiger partial charge in [-0.05, 0) is 49.3 Å². The maximum atomic E-state index is 6.37. The number of benzene rings is 1. The number of rotatable bonds is 5. The molecule has 0 amide bonds. The van der Waals surface area contributed by atoms with Crippen molar-refractivity contribution in [2.75, 3.05) is 13.9 Å². The molecule has 1 spiro atoms. The first-order chi connectivity index (χ1) is 12.7. The normalized spacial score (nSPS) is 20.1. The van der Waals surface area contributed by atoms with E-state index >= 15 is 0 Å². The van der Waals surface area contributed by atoms with E-state index in [9.17, 15) is 0 Å². The topological polar surface area (TPSA) is 53.5 Å². The fraction of sp³-hybridized carbons (Fsp3) is 0.500. The van der Waals surface area contributed by atoms with Crippen LogP contribution in [0.3, 0.4) is 0 Å². The SMILES string of the molecule is COCOc1cc(C2CC2)ccc1-c1nnc(Cl)c2c1COC1(CC1)C2. The van der Waals surface area contributed by atoms with Gasteiger partial charge >= 0.3 is 0 Å². The van der Waals surface area contributed by atoms with Crippen LogP contribution >= 0.6 is 11.6 Å². The molecule has 0 radical (unpaired) electrons. The zero-order valence-electron chi connectivity index (χ0n) is 14.8. The Kier molecular flexibility index (Phi) is 3.92. The lowest BCUT2D eigenvalue weighted by atomic mass is 9.94. The van der Waals surface area contributed by atoms with Crippen molar-refractivity contribution in [3.63, 3.8) is 0 Å². The van der Waals surface area contributed by atoms with Crippen LogP contribution in [0.4, 0.5) is 0 Å². The van der Waals surface area contributed by atoms with Gasteiger partial charge in [0.2, 0.25) is 0 Å². The molecule has 0 atom stereocenters. The summed E-state index contributed by atoms with van der Waals surface area (Å²) in [5.41, 5.74) is 5.12. The number of nitrogens with zero attached hydrogens (tertiary/aromatic N) is 2. The van der Waals surface area contributed by atoms with Crippen molar-refractivity contribution in [1.29, 1.82) is 0 Å². The molecule has 1 aromatic heterocycles. The first kappa shape index (κ1) is 16.5. The molecule has 1 aliphatic heterocycles. The molecule has 2 aromatic rings. The van der Waals surface area contributed by atoms with Gasteiger partial charge < -0.3 is 14.2 Å². The zero-order valence-corrected chi connectivity index (χ0v) is 15.5. The van der Waals surface area contributed by atoms with Crippen molar-refractivity contribution in [1.82, 2.24) is 10.2 Å². The third-order valence-corrected chi connectivity index (χ3v) is 5.91. The average molecular weight is 373 g/mol. The summed E-state index contributed by atoms with van der Waals surface area (Å²) >= 11 is 6.37. The molecule has 1 aromatic carbocycles. The van der Waals surface area contributed by atoms with Crippen molar-refractivity contribution < 1.29 is 14.2 Å². The van der Waals surface area contributed by atoms with Gasteiger partial charge in [-0.3, -0.25) is 0 Å². The third kappa shape index (κ3) is 2.88. The van der Waals surface area contributed by atoms with Crippen LogP contribution in [0.15, 0.2) is 18.2 Å². The van der Waals surface area contributed by atoms with Gasteiger partial charge in [-0.1, -0.05) is 17.7 Å². The summed E-state index contributed by atoms with van der Waals surface area (Å²) in [6.07, 6.45) is 5.50. The standard InChI is InChI=1S/C20H21ClN2O3/c1-24-11-25-17-8-13(12-2-3-12)4-5-14(17)18-16-10-26-20(6-7-20)9-15(16)19(21)23-22-18/h4-5,8,12H,2-3,6-7,9-11H2,1H3. The van der Waals surface area contributed by atoms with Gasteiger partial charge in [-0.25, -0.2) is 0 Å². The summed E-state index contributed by atoms with van der Waals surface area (Å²) < 4.78 is 17.1. The fourth-order valence-corrected chi connectivity index (χ4v) is 3.96. The number of hydrogen-bond acceptors (Lipinski definition) is 5. The molecule has 0 bridgehead atoms. The first-order valence-electron chi connectivity index (χ1n) is 9.13. The van der Waals surface area contributed by atoms with E-state index in [2.05, 4.69) is 28.4 Å². The predicted molar refractivity (Wildman–Crippen MR) is 97.4 cm³/mol. The zero-order chi connectivity index (χ0) is 17.7. The molecule has 2 fully saturated rings. The maximum Gasteiger partial charge on any atom is 0.188 e. The molecule has 6 heteroatoms. The number of ether oxygens (including phenoxy) is 3. The number of methoxy groups -OCH3 is 1. The Morgan fingerprint density at radius 1 is 1.23 bits per heavy atom. The van der Waals surface area contributed by atoms with Crippen molar-refractivity contribution in [3.05, 3.63) is 40.0 Å². The lowest BCUT2D eigenvalue weighted by molar-refractivity contribution is 0.00808. The van der Waals surface area contributed by atoms with Crippen LogP contribution in [0.5, 0.6) is 5.75 Å². The van der Waals surface area contributed by atoms with Crippen molar-refractivity contribution in [2.45, 2.75) is 50.2 Å². The van der Waals surface area contributed by atoms with E-state index in [0.717, 1.165) is 47.4 Å². The quantitative estimate of drug-likeness (QED) is 0.734. The minimum Gasteiger partial charge on any atom is -0.467 e. The summed E-state index contributed by atoms with van der Waals surface area (Å²) in [6.45, 7) is 0.720. The molecule has 136 valence electrons. The molecule has 0 saturated heterocycles. The van der Waals surface area contributed by atoms with E-state index in [1.807, 2.05) is 0 Å². The van der Waals surface area contributed by atoms with Crippen molar-refractivity contribution in [3.8, 4) is 17.0 Å². The predicted octanol–water partition coefficient (Wildman–Crippen LogP) is 4.26. The highest BCUT2D eigenvalue weighted by Crippen LogP contribution is 2.49. The second-order valence-electron chi connectivity index (χ2n) is 7.53. The second kappa shape index (κ2) is 6.19. The number of aromatic nitrogens is 2. The van der Waals surface area contributed by atoms with E-state index in [1.165, 1.54) is 18.4 Å². The molecular weight excluding hydrogens is 352 g/mol. The van der Waals surface area contributed by atoms with Crippen LogP contribution in [0, 0.1) is 0 Å². The molecule has 3 aliphatic rings. The van der Waals surface area contributed by atoms with E-state index < -0.39 is 0 Å². The highest BCUT2D eigenvalue weighted by molar-refractivity contribution is 6.30. The second-order valence-corrected chi connectivity index (χ2v) is 7.88. The molecule has 5 rings (SSSR count). The van der Waals surface area contributed by atoms with Gasteiger partial charge in [-0.15, -0.1) is 10.2 Å². The Bertz CT molecular complexity index is 862. The Balaban J connectivity index is 1.59. The maximum absolute atomic E-state index is 6.37. The summed E-state index contributed by atoms with van der Waals surface area (Å²) in [6, 6.07) is 6.36. The van der Waals surface area contributed by atoms with E-state index in [0.29, 0.717) is 17.7 Å². The van der Waals surface area contributed by atoms with Crippen LogP contribution in [0.1, 0.15) is 48.3 Å². The van der Waals surface area contributed by atoms with Gasteiger partial charge in [0.1, 0.15) is 11.4 Å². The Labute approximate surface area is 157 Å². The Morgan fingerprint density at radius 2 is 2.08 bits per heavy atom. The molecule has 2 heterocycles. The highest BCUT2D eigenvalue weighted by Gasteiger charge is 2.48. The molecule has 0 unspecified atom stereocenters. The average Bonchev–Trinajstić information content (AvgIpc) is 3.58. The van der Waals surface area contributed by atoms with Gasteiger partial charge in [0.25, 0.3) is 0 Å². The number of hydrogen-bond donors (Lipinski definition) is 0. The van der Waals surface area contributed by atoms with E-state index in [-0.39, 0.29) is 12.4 Å². The number of halogens is 1. The van der Waals surface area contributed by atoms with Crippen LogP contribution in [0.25, 0.3) is 11.3 Å². The minimum atomic E-state index is -0.0118. The van der Waals surface area contributed by atoms with Crippen molar-refractivity contribution in [2.24, 2.45) is 0 Å². The van der Waals surface area contributed by atoms with Gasteiger partial charge in [0.15, 0.2) is 11.9 Å². The number of fused-ring (bicyclic) bond motifs is 1. The van der Waals surface area contributed by atoms with Crippen LogP contribution < -0.4 is 4.74 Å². The van der Waals surface area contributed by atoms with Gasteiger partial charge in [0, 0.05) is 30.2 Å². The highest BCUT2D eigenvalue weighted by atomic mass is 35.5. The minimum absolute atomic E-state index is 0.0118. The summed E-state index contributed by atoms with van der Waals surface area (Å²) in [5, 5.41) is 9.13. The molecule has 5 nitrogen and oxygen atoms in total. The largest absolute Gasteiger partial charge is 0.467 e. The Hall–Kier alpha value is -1.69. The Morgan fingerprint density at radius 3 is 2.81 bits per heavy atom.